The molecule has 0 saturated carbocycles. The number of nitrogens with one attached hydrogen (secondary N) is 2. The van der Waals surface area contributed by atoms with Crippen molar-refractivity contribution in [3.8, 4) is 22.8 Å². The van der Waals surface area contributed by atoms with E-state index in [1.165, 1.54) is 32.1 Å². The van der Waals surface area contributed by atoms with E-state index in [4.69, 9.17) is 9.47 Å². The number of hydrogen-bond acceptors (Lipinski definition) is 5. The minimum absolute atomic E-state index is 0.334. The van der Waals surface area contributed by atoms with E-state index in [1.807, 2.05) is 48.5 Å². The summed E-state index contributed by atoms with van der Waals surface area (Å²) < 4.78 is 10.9. The molecule has 3 aromatic rings. The van der Waals surface area contributed by atoms with E-state index in [1.54, 1.807) is 19.4 Å². The molecule has 0 unspecified atom stereocenters. The number of benzene rings is 2. The van der Waals surface area contributed by atoms with Gasteiger partial charge in [-0.3, -0.25) is 9.89 Å². The maximum absolute atomic E-state index is 12.3. The number of H-pyrrole nitrogens is 1. The van der Waals surface area contributed by atoms with Crippen molar-refractivity contribution in [2.24, 2.45) is 5.10 Å². The van der Waals surface area contributed by atoms with Crippen LogP contribution in [0.1, 0.15) is 61.5 Å². The van der Waals surface area contributed by atoms with Gasteiger partial charge in [0.2, 0.25) is 0 Å². The minimum Gasteiger partial charge on any atom is -0.497 e. The highest BCUT2D eigenvalue weighted by Crippen LogP contribution is 2.21. The van der Waals surface area contributed by atoms with Crippen molar-refractivity contribution in [3.05, 3.63) is 65.9 Å². The Morgan fingerprint density at radius 1 is 1.00 bits per heavy atom. The van der Waals surface area contributed by atoms with Crippen LogP contribution in [0.5, 0.6) is 11.5 Å². The highest BCUT2D eigenvalue weighted by atomic mass is 16.5. The standard InChI is InChI=1S/C26H32N4O3/c1-3-4-5-6-7-8-17-33-23-15-11-21(12-16-23)24-18-25(29-28-24)26(31)30-27-19-20-9-13-22(32-2)14-10-20/h9-16,18-19H,3-8,17H2,1-2H3,(H,28,29)(H,30,31)/b27-19+. The first-order chi connectivity index (χ1) is 16.2. The fraction of sp³-hybridized carbons (Fsp3) is 0.346. The molecule has 0 aliphatic rings. The molecule has 0 saturated heterocycles. The number of rotatable bonds is 13. The molecule has 174 valence electrons. The number of aromatic amines is 1. The fourth-order valence-electron chi connectivity index (χ4n) is 3.30. The summed E-state index contributed by atoms with van der Waals surface area (Å²) >= 11 is 0. The first-order valence-electron chi connectivity index (χ1n) is 11.5. The molecule has 0 spiro atoms. The Kier molecular flexibility index (Phi) is 9.51. The van der Waals surface area contributed by atoms with E-state index in [0.29, 0.717) is 11.4 Å². The predicted octanol–water partition coefficient (Wildman–Crippen LogP) is 5.59. The van der Waals surface area contributed by atoms with E-state index in [9.17, 15) is 4.79 Å². The van der Waals surface area contributed by atoms with Crippen molar-refractivity contribution >= 4 is 12.1 Å². The van der Waals surface area contributed by atoms with Gasteiger partial charge in [0.25, 0.3) is 5.91 Å². The van der Waals surface area contributed by atoms with Crippen molar-refractivity contribution in [1.29, 1.82) is 0 Å². The van der Waals surface area contributed by atoms with Gasteiger partial charge in [0.15, 0.2) is 0 Å². The van der Waals surface area contributed by atoms with Crippen LogP contribution in [0.4, 0.5) is 0 Å². The number of unbranched alkanes of at least 4 members (excludes halogenated alkanes) is 5. The second-order valence-electron chi connectivity index (χ2n) is 7.78. The number of nitrogens with zero attached hydrogens (tertiary/aromatic N) is 2. The summed E-state index contributed by atoms with van der Waals surface area (Å²) in [6, 6.07) is 16.8. The van der Waals surface area contributed by atoms with E-state index >= 15 is 0 Å². The molecule has 3 rings (SSSR count). The van der Waals surface area contributed by atoms with Crippen LogP contribution in [0.2, 0.25) is 0 Å². The largest absolute Gasteiger partial charge is 0.497 e. The average Bonchev–Trinajstić information content (AvgIpc) is 3.35. The highest BCUT2D eigenvalue weighted by Gasteiger charge is 2.10. The number of hydrogen-bond donors (Lipinski definition) is 2. The number of hydrazone groups is 1. The number of amides is 1. The van der Waals surface area contributed by atoms with Crippen LogP contribution in [-0.4, -0.2) is 36.0 Å². The van der Waals surface area contributed by atoms with Crippen molar-refractivity contribution in [2.75, 3.05) is 13.7 Å². The molecular formula is C26H32N4O3. The lowest BCUT2D eigenvalue weighted by Crippen LogP contribution is -2.17. The van der Waals surface area contributed by atoms with Gasteiger partial charge in [-0.05, 0) is 66.6 Å². The van der Waals surface area contributed by atoms with Gasteiger partial charge in [-0.1, -0.05) is 39.0 Å². The van der Waals surface area contributed by atoms with Gasteiger partial charge in [-0.2, -0.15) is 10.2 Å². The van der Waals surface area contributed by atoms with E-state index in [-0.39, 0.29) is 5.91 Å². The van der Waals surface area contributed by atoms with Crippen molar-refractivity contribution in [1.82, 2.24) is 15.6 Å². The third-order valence-corrected chi connectivity index (χ3v) is 5.23. The quantitative estimate of drug-likeness (QED) is 0.203. The molecular weight excluding hydrogens is 416 g/mol. The summed E-state index contributed by atoms with van der Waals surface area (Å²) in [5.41, 5.74) is 5.27. The van der Waals surface area contributed by atoms with Crippen LogP contribution in [0, 0.1) is 0 Å². The molecule has 0 bridgehead atoms. The van der Waals surface area contributed by atoms with Crippen molar-refractivity contribution in [3.63, 3.8) is 0 Å². The SMILES string of the molecule is CCCCCCCCOc1ccc(-c2cc(C(=O)N/N=C/c3ccc(OC)cc3)[nH]n2)cc1. The van der Waals surface area contributed by atoms with Crippen LogP contribution in [-0.2, 0) is 0 Å². The van der Waals surface area contributed by atoms with Crippen molar-refractivity contribution < 1.29 is 14.3 Å². The Bertz CT molecular complexity index is 1010. The zero-order valence-electron chi connectivity index (χ0n) is 19.3. The number of methoxy groups -OCH3 is 1. The third-order valence-electron chi connectivity index (χ3n) is 5.23. The Morgan fingerprint density at radius 2 is 1.70 bits per heavy atom. The lowest BCUT2D eigenvalue weighted by Gasteiger charge is -2.06. The first-order valence-corrected chi connectivity index (χ1v) is 11.5. The van der Waals surface area contributed by atoms with Crippen LogP contribution < -0.4 is 14.9 Å². The second kappa shape index (κ2) is 13.1. The van der Waals surface area contributed by atoms with Gasteiger partial charge in [-0.15, -0.1) is 0 Å². The molecule has 0 radical (unpaired) electrons. The Hall–Kier alpha value is -3.61. The third kappa shape index (κ3) is 7.79. The Labute approximate surface area is 195 Å². The summed E-state index contributed by atoms with van der Waals surface area (Å²) in [5.74, 6) is 1.24. The van der Waals surface area contributed by atoms with Gasteiger partial charge in [0.1, 0.15) is 17.2 Å². The summed E-state index contributed by atoms with van der Waals surface area (Å²) in [5, 5.41) is 11.0. The van der Waals surface area contributed by atoms with Crippen LogP contribution >= 0.6 is 0 Å². The van der Waals surface area contributed by atoms with Crippen LogP contribution in [0.3, 0.4) is 0 Å². The first kappa shape index (κ1) is 24.0. The molecule has 2 aromatic carbocycles. The number of carbonyl (C=O) groups excluding carboxylic acids is 1. The molecule has 7 nitrogen and oxygen atoms in total. The van der Waals surface area contributed by atoms with Gasteiger partial charge in [0.05, 0.1) is 25.6 Å². The molecule has 1 heterocycles. The zero-order chi connectivity index (χ0) is 23.3. The molecule has 1 amide bonds. The van der Waals surface area contributed by atoms with Gasteiger partial charge < -0.3 is 9.47 Å². The van der Waals surface area contributed by atoms with Gasteiger partial charge >= 0.3 is 0 Å². The van der Waals surface area contributed by atoms with E-state index in [2.05, 4.69) is 27.6 Å². The lowest BCUT2D eigenvalue weighted by atomic mass is 10.1. The Morgan fingerprint density at radius 3 is 2.42 bits per heavy atom. The van der Waals surface area contributed by atoms with Crippen LogP contribution in [0.15, 0.2) is 59.7 Å². The molecule has 0 atom stereocenters. The molecule has 33 heavy (non-hydrogen) atoms. The molecule has 0 aliphatic carbocycles. The lowest BCUT2D eigenvalue weighted by molar-refractivity contribution is 0.0950. The molecule has 1 aromatic heterocycles. The van der Waals surface area contributed by atoms with E-state index < -0.39 is 0 Å². The van der Waals surface area contributed by atoms with Gasteiger partial charge in [0, 0.05) is 5.56 Å². The summed E-state index contributed by atoms with van der Waals surface area (Å²) in [4.78, 5) is 12.3. The topological polar surface area (TPSA) is 88.6 Å². The predicted molar refractivity (Wildman–Crippen MR) is 131 cm³/mol. The number of ether oxygens (including phenoxy) is 2. The van der Waals surface area contributed by atoms with Crippen molar-refractivity contribution in [2.45, 2.75) is 45.4 Å². The average molecular weight is 449 g/mol. The molecule has 0 fully saturated rings. The summed E-state index contributed by atoms with van der Waals surface area (Å²) in [6.45, 7) is 2.96. The summed E-state index contributed by atoms with van der Waals surface area (Å²) in [7, 11) is 1.61. The highest BCUT2D eigenvalue weighted by molar-refractivity contribution is 5.94. The zero-order valence-corrected chi connectivity index (χ0v) is 19.3. The minimum atomic E-state index is -0.364. The monoisotopic (exact) mass is 448 g/mol. The summed E-state index contributed by atoms with van der Waals surface area (Å²) in [6.07, 6.45) is 9.02. The molecule has 7 heteroatoms. The van der Waals surface area contributed by atoms with E-state index in [0.717, 1.165) is 35.7 Å². The molecule has 0 aliphatic heterocycles. The maximum Gasteiger partial charge on any atom is 0.289 e. The molecule has 2 N–H and O–H groups in total. The maximum atomic E-state index is 12.3. The normalized spacial score (nSPS) is 11.0. The smallest absolute Gasteiger partial charge is 0.289 e. The van der Waals surface area contributed by atoms with Gasteiger partial charge in [-0.25, -0.2) is 5.43 Å². The fourth-order valence-corrected chi connectivity index (χ4v) is 3.30. The second-order valence-corrected chi connectivity index (χ2v) is 7.78. The number of aromatic nitrogens is 2. The van der Waals surface area contributed by atoms with Crippen LogP contribution in [0.25, 0.3) is 11.3 Å². The Balaban J connectivity index is 1.45. The number of carbonyl (C=O) groups is 1.